The third kappa shape index (κ3) is 2.42. The molecule has 0 N–H and O–H groups in total. The predicted molar refractivity (Wildman–Crippen MR) is 69.0 cm³/mol. The van der Waals surface area contributed by atoms with E-state index in [1.165, 1.54) is 5.56 Å². The molecule has 84 valence electrons. The van der Waals surface area contributed by atoms with E-state index in [-0.39, 0.29) is 5.38 Å². The normalized spacial score (nSPS) is 12.7. The zero-order valence-corrected chi connectivity index (χ0v) is 10.8. The number of aryl methyl sites for hydroxylation is 1. The maximum Gasteiger partial charge on any atom is 0.147 e. The van der Waals surface area contributed by atoms with E-state index in [2.05, 4.69) is 41.4 Å². The van der Waals surface area contributed by atoms with E-state index < -0.39 is 0 Å². The Balaban J connectivity index is 2.28. The van der Waals surface area contributed by atoms with Gasteiger partial charge in [0.05, 0.1) is 5.38 Å². The van der Waals surface area contributed by atoms with Crippen LogP contribution in [-0.4, -0.2) is 10.2 Å². The second-order valence-corrected chi connectivity index (χ2v) is 5.28. The molecule has 0 radical (unpaired) electrons. The number of rotatable bonds is 3. The molecule has 0 aliphatic rings. The van der Waals surface area contributed by atoms with Crippen molar-refractivity contribution in [2.24, 2.45) is 0 Å². The van der Waals surface area contributed by atoms with Crippen molar-refractivity contribution < 1.29 is 0 Å². The van der Waals surface area contributed by atoms with Crippen molar-refractivity contribution in [2.45, 2.75) is 25.6 Å². The third-order valence-corrected chi connectivity index (χ3v) is 3.88. The molecule has 0 saturated carbocycles. The van der Waals surface area contributed by atoms with Crippen molar-refractivity contribution in [2.75, 3.05) is 0 Å². The number of benzene rings is 1. The summed E-state index contributed by atoms with van der Waals surface area (Å²) < 4.78 is 0. The van der Waals surface area contributed by atoms with E-state index in [4.69, 9.17) is 11.6 Å². The highest BCUT2D eigenvalue weighted by atomic mass is 35.5. The molecule has 1 heterocycles. The SMILES string of the molecule is CCc1ccc(-c2nnc(C(C)Cl)s2)cc1. The molecule has 0 aliphatic heterocycles. The van der Waals surface area contributed by atoms with E-state index in [9.17, 15) is 0 Å². The standard InChI is InChI=1S/C12H13ClN2S/c1-3-9-4-6-10(7-5-9)12-15-14-11(16-12)8(2)13/h4-8H,3H2,1-2H3. The van der Waals surface area contributed by atoms with Crippen LogP contribution >= 0.6 is 22.9 Å². The molecule has 0 aliphatic carbocycles. The minimum Gasteiger partial charge on any atom is -0.142 e. The first-order valence-corrected chi connectivity index (χ1v) is 6.52. The van der Waals surface area contributed by atoms with E-state index in [0.29, 0.717) is 0 Å². The van der Waals surface area contributed by atoms with E-state index in [1.807, 2.05) is 6.92 Å². The van der Waals surface area contributed by atoms with Gasteiger partial charge < -0.3 is 0 Å². The fourth-order valence-electron chi connectivity index (χ4n) is 1.40. The summed E-state index contributed by atoms with van der Waals surface area (Å²) in [6.07, 6.45) is 1.06. The number of nitrogens with zero attached hydrogens (tertiary/aromatic N) is 2. The molecule has 0 amide bonds. The van der Waals surface area contributed by atoms with Crippen LogP contribution in [0.15, 0.2) is 24.3 Å². The van der Waals surface area contributed by atoms with Crippen LogP contribution in [0.1, 0.15) is 29.8 Å². The quantitative estimate of drug-likeness (QED) is 0.770. The Hall–Kier alpha value is -0.930. The van der Waals surface area contributed by atoms with Gasteiger partial charge in [-0.05, 0) is 18.9 Å². The van der Waals surface area contributed by atoms with Crippen LogP contribution in [0.4, 0.5) is 0 Å². The number of alkyl halides is 1. The van der Waals surface area contributed by atoms with Crippen LogP contribution in [0.5, 0.6) is 0 Å². The van der Waals surface area contributed by atoms with Gasteiger partial charge in [0.25, 0.3) is 0 Å². The van der Waals surface area contributed by atoms with Crippen molar-refractivity contribution in [3.05, 3.63) is 34.8 Å². The van der Waals surface area contributed by atoms with Gasteiger partial charge in [0, 0.05) is 5.56 Å². The van der Waals surface area contributed by atoms with Gasteiger partial charge in [-0.3, -0.25) is 0 Å². The summed E-state index contributed by atoms with van der Waals surface area (Å²) in [4.78, 5) is 0. The number of halogens is 1. The molecule has 2 nitrogen and oxygen atoms in total. The van der Waals surface area contributed by atoms with Gasteiger partial charge in [0.2, 0.25) is 0 Å². The molecule has 16 heavy (non-hydrogen) atoms. The minimum atomic E-state index is -0.0684. The van der Waals surface area contributed by atoms with Gasteiger partial charge in [0.1, 0.15) is 10.0 Å². The average Bonchev–Trinajstić information content (AvgIpc) is 2.78. The second-order valence-electron chi connectivity index (χ2n) is 3.61. The Morgan fingerprint density at radius 1 is 1.25 bits per heavy atom. The van der Waals surface area contributed by atoms with Crippen molar-refractivity contribution in [1.82, 2.24) is 10.2 Å². The molecule has 1 aromatic heterocycles. The van der Waals surface area contributed by atoms with Crippen molar-refractivity contribution in [3.63, 3.8) is 0 Å². The van der Waals surface area contributed by atoms with Crippen LogP contribution in [-0.2, 0) is 6.42 Å². The Morgan fingerprint density at radius 3 is 2.44 bits per heavy atom. The van der Waals surface area contributed by atoms with Gasteiger partial charge in [-0.15, -0.1) is 21.8 Å². The van der Waals surface area contributed by atoms with Crippen LogP contribution in [0.3, 0.4) is 0 Å². The maximum atomic E-state index is 5.96. The van der Waals surface area contributed by atoms with Crippen molar-refractivity contribution in [1.29, 1.82) is 0 Å². The number of aromatic nitrogens is 2. The molecular weight excluding hydrogens is 240 g/mol. The topological polar surface area (TPSA) is 25.8 Å². The number of hydrogen-bond acceptors (Lipinski definition) is 3. The summed E-state index contributed by atoms with van der Waals surface area (Å²) in [6.45, 7) is 4.05. The molecule has 0 fully saturated rings. The van der Waals surface area contributed by atoms with E-state index in [0.717, 1.165) is 22.0 Å². The lowest BCUT2D eigenvalue weighted by Crippen LogP contribution is -1.81. The largest absolute Gasteiger partial charge is 0.147 e. The highest BCUT2D eigenvalue weighted by Gasteiger charge is 2.10. The Kier molecular flexibility index (Phi) is 3.56. The van der Waals surface area contributed by atoms with Gasteiger partial charge in [0.15, 0.2) is 0 Å². The fourth-order valence-corrected chi connectivity index (χ4v) is 2.35. The zero-order chi connectivity index (χ0) is 11.5. The predicted octanol–water partition coefficient (Wildman–Crippen LogP) is 4.07. The lowest BCUT2D eigenvalue weighted by Gasteiger charge is -1.98. The van der Waals surface area contributed by atoms with Gasteiger partial charge in [-0.2, -0.15) is 0 Å². The third-order valence-electron chi connectivity index (χ3n) is 2.39. The monoisotopic (exact) mass is 252 g/mol. The zero-order valence-electron chi connectivity index (χ0n) is 9.27. The maximum absolute atomic E-state index is 5.96. The van der Waals surface area contributed by atoms with E-state index >= 15 is 0 Å². The Morgan fingerprint density at radius 2 is 1.94 bits per heavy atom. The van der Waals surface area contributed by atoms with Crippen LogP contribution in [0.25, 0.3) is 10.6 Å². The summed E-state index contributed by atoms with van der Waals surface area (Å²) in [5.41, 5.74) is 2.44. The van der Waals surface area contributed by atoms with Crippen molar-refractivity contribution in [3.8, 4) is 10.6 Å². The summed E-state index contributed by atoms with van der Waals surface area (Å²) in [5, 5.41) is 9.96. The van der Waals surface area contributed by atoms with Crippen LogP contribution < -0.4 is 0 Å². The molecule has 2 rings (SSSR count). The van der Waals surface area contributed by atoms with Gasteiger partial charge in [-0.1, -0.05) is 42.5 Å². The molecule has 2 aromatic rings. The average molecular weight is 253 g/mol. The summed E-state index contributed by atoms with van der Waals surface area (Å²) >= 11 is 7.51. The van der Waals surface area contributed by atoms with E-state index in [1.54, 1.807) is 11.3 Å². The summed E-state index contributed by atoms with van der Waals surface area (Å²) in [5.74, 6) is 0. The van der Waals surface area contributed by atoms with Gasteiger partial charge in [-0.25, -0.2) is 0 Å². The lowest BCUT2D eigenvalue weighted by molar-refractivity contribution is 0.962. The first-order chi connectivity index (χ1) is 7.70. The van der Waals surface area contributed by atoms with Gasteiger partial charge >= 0.3 is 0 Å². The molecule has 1 unspecified atom stereocenters. The highest BCUT2D eigenvalue weighted by molar-refractivity contribution is 7.15. The highest BCUT2D eigenvalue weighted by Crippen LogP contribution is 2.29. The molecule has 1 atom stereocenters. The fraction of sp³-hybridized carbons (Fsp3) is 0.333. The smallest absolute Gasteiger partial charge is 0.142 e. The molecule has 0 bridgehead atoms. The molecule has 4 heteroatoms. The number of hydrogen-bond donors (Lipinski definition) is 0. The molecule has 0 spiro atoms. The molecule has 0 saturated heterocycles. The van der Waals surface area contributed by atoms with Crippen LogP contribution in [0.2, 0.25) is 0 Å². The Bertz CT molecular complexity index is 462. The second kappa shape index (κ2) is 4.93. The Labute approximate surface area is 104 Å². The molecule has 1 aromatic carbocycles. The molecular formula is C12H13ClN2S. The minimum absolute atomic E-state index is 0.0684. The first-order valence-electron chi connectivity index (χ1n) is 5.27. The first kappa shape index (κ1) is 11.6. The van der Waals surface area contributed by atoms with Crippen LogP contribution in [0, 0.1) is 0 Å². The lowest BCUT2D eigenvalue weighted by atomic mass is 10.1. The van der Waals surface area contributed by atoms with Crippen molar-refractivity contribution >= 4 is 22.9 Å². The summed E-state index contributed by atoms with van der Waals surface area (Å²) in [6, 6.07) is 8.42. The summed E-state index contributed by atoms with van der Waals surface area (Å²) in [7, 11) is 0.